The van der Waals surface area contributed by atoms with E-state index >= 15 is 0 Å². The first kappa shape index (κ1) is 23.0. The van der Waals surface area contributed by atoms with Gasteiger partial charge in [0.25, 0.3) is 0 Å². The summed E-state index contributed by atoms with van der Waals surface area (Å²) < 4.78 is 0. The van der Waals surface area contributed by atoms with Gasteiger partial charge in [0.15, 0.2) is 0 Å². The average Bonchev–Trinajstić information content (AvgIpc) is 3.43. The highest BCUT2D eigenvalue weighted by Gasteiger charge is 2.49. The van der Waals surface area contributed by atoms with Crippen molar-refractivity contribution in [2.24, 2.45) is 11.1 Å². The molecule has 3 heterocycles. The van der Waals surface area contributed by atoms with Gasteiger partial charge < -0.3 is 10.7 Å². The number of pyridine rings is 1. The molecule has 1 aromatic carbocycles. The molecule has 4 aromatic rings. The van der Waals surface area contributed by atoms with Crippen molar-refractivity contribution in [1.29, 1.82) is 0 Å². The lowest BCUT2D eigenvalue weighted by Crippen LogP contribution is -2.52. The summed E-state index contributed by atoms with van der Waals surface area (Å²) in [6, 6.07) is 17.4. The zero-order valence-corrected chi connectivity index (χ0v) is 20.4. The van der Waals surface area contributed by atoms with Gasteiger partial charge in [-0.2, -0.15) is 0 Å². The molecule has 3 nitrogen and oxygen atoms in total. The van der Waals surface area contributed by atoms with Crippen molar-refractivity contribution in [3.05, 3.63) is 88.0 Å². The van der Waals surface area contributed by atoms with Crippen molar-refractivity contribution in [3.63, 3.8) is 0 Å². The Morgan fingerprint density at radius 1 is 1.06 bits per heavy atom. The highest BCUT2D eigenvalue weighted by molar-refractivity contribution is 7.10. The molecule has 0 spiro atoms. The second-order valence-electron chi connectivity index (χ2n) is 9.69. The summed E-state index contributed by atoms with van der Waals surface area (Å²) in [6.45, 7) is 4.72. The average molecular weight is 466 g/mol. The Morgan fingerprint density at radius 2 is 1.84 bits per heavy atom. The number of H-pyrrole nitrogens is 1. The summed E-state index contributed by atoms with van der Waals surface area (Å²) >= 11 is 1.80. The fraction of sp³-hybridized carbons (Fsp3) is 0.370. The van der Waals surface area contributed by atoms with Gasteiger partial charge in [0.2, 0.25) is 0 Å². The second-order valence-corrected chi connectivity index (χ2v) is 10.6. The number of aryl methyl sites for hydroxylation is 2. The molecule has 5 heteroatoms. The van der Waals surface area contributed by atoms with E-state index in [1.54, 1.807) is 11.3 Å². The number of aromatic nitrogens is 2. The number of thiophene rings is 1. The van der Waals surface area contributed by atoms with Crippen LogP contribution in [-0.4, -0.2) is 9.97 Å². The Kier molecular flexibility index (Phi) is 6.49. The number of para-hydroxylation sites is 1. The summed E-state index contributed by atoms with van der Waals surface area (Å²) in [5.41, 5.74) is 12.4. The van der Waals surface area contributed by atoms with Gasteiger partial charge in [0, 0.05) is 33.9 Å². The molecule has 3 N–H and O–H groups in total. The first-order chi connectivity index (χ1) is 15.0. The minimum Gasteiger partial charge on any atom is -0.358 e. The fourth-order valence-electron chi connectivity index (χ4n) is 5.53. The number of nitrogens with one attached hydrogen (secondary N) is 1. The molecule has 0 amide bonds. The third-order valence-corrected chi connectivity index (χ3v) is 8.53. The van der Waals surface area contributed by atoms with Gasteiger partial charge in [-0.05, 0) is 84.2 Å². The van der Waals surface area contributed by atoms with Crippen LogP contribution in [0.15, 0.2) is 66.3 Å². The molecule has 1 aliphatic rings. The maximum Gasteiger partial charge on any atom is 0.0555 e. The monoisotopic (exact) mass is 465 g/mol. The first-order valence-electron chi connectivity index (χ1n) is 11.3. The third kappa shape index (κ3) is 4.00. The maximum absolute atomic E-state index is 7.09. The van der Waals surface area contributed by atoms with Gasteiger partial charge in [-0.3, -0.25) is 4.98 Å². The minimum atomic E-state index is -0.249. The van der Waals surface area contributed by atoms with E-state index in [-0.39, 0.29) is 23.4 Å². The van der Waals surface area contributed by atoms with Crippen LogP contribution in [0.4, 0.5) is 0 Å². The normalized spacial score (nSPS) is 22.5. The lowest BCUT2D eigenvalue weighted by atomic mass is 9.59. The van der Waals surface area contributed by atoms with Crippen LogP contribution in [0.3, 0.4) is 0 Å². The molecule has 5 rings (SSSR count). The summed E-state index contributed by atoms with van der Waals surface area (Å²) in [7, 11) is 0. The van der Waals surface area contributed by atoms with Gasteiger partial charge in [0.05, 0.1) is 5.54 Å². The molecule has 3 aromatic heterocycles. The molecule has 0 saturated heterocycles. The lowest BCUT2D eigenvalue weighted by molar-refractivity contribution is 0.0855. The summed E-state index contributed by atoms with van der Waals surface area (Å²) in [6.07, 6.45) is 9.08. The number of halogens is 1. The number of fused-ring (bicyclic) bond motifs is 1. The van der Waals surface area contributed by atoms with Crippen LogP contribution in [0.25, 0.3) is 10.9 Å². The van der Waals surface area contributed by atoms with Crippen LogP contribution in [0.5, 0.6) is 0 Å². The van der Waals surface area contributed by atoms with E-state index in [2.05, 4.69) is 77.7 Å². The summed E-state index contributed by atoms with van der Waals surface area (Å²) in [5.74, 6) is 0.506. The lowest BCUT2D eigenvalue weighted by Gasteiger charge is -2.50. The Labute approximate surface area is 200 Å². The van der Waals surface area contributed by atoms with Gasteiger partial charge in [-0.25, -0.2) is 0 Å². The number of rotatable bonds is 5. The summed E-state index contributed by atoms with van der Waals surface area (Å²) in [5, 5.41) is 3.52. The molecule has 1 aliphatic carbocycles. The van der Waals surface area contributed by atoms with E-state index in [1.807, 2.05) is 12.4 Å². The molecule has 1 fully saturated rings. The van der Waals surface area contributed by atoms with E-state index < -0.39 is 0 Å². The predicted octanol–water partition coefficient (Wildman–Crippen LogP) is 6.98. The van der Waals surface area contributed by atoms with Crippen molar-refractivity contribution in [2.75, 3.05) is 0 Å². The van der Waals surface area contributed by atoms with E-state index in [0.29, 0.717) is 5.92 Å². The SMILES string of the molecule is CC1(C)CC(c2[nH]c3ccccc3c2CCc2ccncc2)CCC1(N)c1cccs1.Cl. The molecule has 2 unspecified atom stereocenters. The Balaban J connectivity index is 0.00000245. The fourth-order valence-corrected chi connectivity index (χ4v) is 6.58. The molecule has 32 heavy (non-hydrogen) atoms. The van der Waals surface area contributed by atoms with Crippen LogP contribution in [0.1, 0.15) is 60.7 Å². The summed E-state index contributed by atoms with van der Waals surface area (Å²) in [4.78, 5) is 9.31. The third-order valence-electron chi connectivity index (χ3n) is 7.48. The number of benzene rings is 1. The highest BCUT2D eigenvalue weighted by Crippen LogP contribution is 2.54. The molecule has 0 radical (unpaired) electrons. The first-order valence-corrected chi connectivity index (χ1v) is 12.2. The van der Waals surface area contributed by atoms with Crippen molar-refractivity contribution < 1.29 is 0 Å². The predicted molar refractivity (Wildman–Crippen MR) is 138 cm³/mol. The van der Waals surface area contributed by atoms with E-state index in [9.17, 15) is 0 Å². The topological polar surface area (TPSA) is 54.7 Å². The zero-order valence-electron chi connectivity index (χ0n) is 18.8. The van der Waals surface area contributed by atoms with Crippen molar-refractivity contribution in [3.8, 4) is 0 Å². The molecular weight excluding hydrogens is 434 g/mol. The van der Waals surface area contributed by atoms with Crippen LogP contribution in [0.2, 0.25) is 0 Å². The van der Waals surface area contributed by atoms with E-state index in [0.717, 1.165) is 32.1 Å². The van der Waals surface area contributed by atoms with Gasteiger partial charge >= 0.3 is 0 Å². The second kappa shape index (κ2) is 9.01. The number of nitrogens with two attached hydrogens (primary N) is 1. The highest BCUT2D eigenvalue weighted by atomic mass is 35.5. The smallest absolute Gasteiger partial charge is 0.0555 e. The van der Waals surface area contributed by atoms with Gasteiger partial charge in [-0.15, -0.1) is 23.7 Å². The maximum atomic E-state index is 7.09. The number of hydrogen-bond acceptors (Lipinski definition) is 3. The van der Waals surface area contributed by atoms with Crippen LogP contribution in [-0.2, 0) is 18.4 Å². The molecule has 1 saturated carbocycles. The van der Waals surface area contributed by atoms with Crippen LogP contribution >= 0.6 is 23.7 Å². The Morgan fingerprint density at radius 3 is 2.56 bits per heavy atom. The van der Waals surface area contributed by atoms with Gasteiger partial charge in [-0.1, -0.05) is 38.1 Å². The van der Waals surface area contributed by atoms with E-state index in [4.69, 9.17) is 5.73 Å². The number of hydrogen-bond donors (Lipinski definition) is 2. The van der Waals surface area contributed by atoms with Crippen LogP contribution < -0.4 is 5.73 Å². The van der Waals surface area contributed by atoms with Crippen molar-refractivity contribution in [1.82, 2.24) is 9.97 Å². The van der Waals surface area contributed by atoms with Gasteiger partial charge in [0.1, 0.15) is 0 Å². The number of nitrogens with zero attached hydrogens (tertiary/aromatic N) is 1. The molecule has 0 aliphatic heterocycles. The Hall–Kier alpha value is -2.14. The molecular formula is C27H32ClN3S. The van der Waals surface area contributed by atoms with E-state index in [1.165, 1.54) is 32.6 Å². The molecule has 168 valence electrons. The van der Waals surface area contributed by atoms with Crippen molar-refractivity contribution in [2.45, 2.75) is 57.4 Å². The minimum absolute atomic E-state index is 0. The molecule has 0 bridgehead atoms. The molecule has 2 atom stereocenters. The largest absolute Gasteiger partial charge is 0.358 e. The van der Waals surface area contributed by atoms with Crippen molar-refractivity contribution >= 4 is 34.6 Å². The quantitative estimate of drug-likeness (QED) is 0.334. The standard InChI is InChI=1S/C27H31N3S.ClH/c1-26(2)18-20(11-14-27(26,28)24-8-5-17-31-24)25-22(10-9-19-12-15-29-16-13-19)21-6-3-4-7-23(21)30-25;/h3-8,12-13,15-17,20,30H,9-11,14,18,28H2,1-2H3;1H. The Bertz CT molecular complexity index is 1170. The number of aromatic amines is 1. The zero-order chi connectivity index (χ0) is 21.5. The van der Waals surface area contributed by atoms with Crippen LogP contribution in [0, 0.1) is 5.41 Å².